The number of aromatic nitrogens is 1. The lowest BCUT2D eigenvalue weighted by molar-refractivity contribution is 0.289. The number of hydrogen-bond acceptors (Lipinski definition) is 3. The number of hydrogen-bond donors (Lipinski definition) is 1. The summed E-state index contributed by atoms with van der Waals surface area (Å²) in [5.74, 6) is 0.982. The third-order valence-electron chi connectivity index (χ3n) is 3.00. The Balaban J connectivity index is 2.11. The zero-order valence-corrected chi connectivity index (χ0v) is 9.52. The van der Waals surface area contributed by atoms with Crippen molar-refractivity contribution in [2.45, 2.75) is 12.8 Å². The fourth-order valence-electron chi connectivity index (χ4n) is 2.16. The Morgan fingerprint density at radius 1 is 1.18 bits per heavy atom. The number of nitrogens with two attached hydrogens (primary N) is 1. The van der Waals surface area contributed by atoms with Gasteiger partial charge in [-0.15, -0.1) is 0 Å². The smallest absolute Gasteiger partial charge is 0.131 e. The second-order valence-electron chi connectivity index (χ2n) is 4.22. The van der Waals surface area contributed by atoms with Gasteiger partial charge < -0.3 is 10.5 Å². The highest BCUT2D eigenvalue weighted by atomic mass is 16.5. The molecule has 1 aromatic heterocycles. The van der Waals surface area contributed by atoms with Gasteiger partial charge in [0.25, 0.3) is 0 Å². The molecule has 2 N–H and O–H groups in total. The first kappa shape index (κ1) is 10.1. The van der Waals surface area contributed by atoms with Crippen molar-refractivity contribution in [1.82, 2.24) is 4.98 Å². The number of benzene rings is 1. The maximum atomic E-state index is 5.77. The van der Waals surface area contributed by atoms with E-state index in [1.54, 1.807) is 6.20 Å². The molecule has 2 heterocycles. The number of rotatable bonds is 1. The maximum Gasteiger partial charge on any atom is 0.131 e. The summed E-state index contributed by atoms with van der Waals surface area (Å²) in [6.07, 6.45) is 3.85. The largest absolute Gasteiger partial charge is 0.493 e. The van der Waals surface area contributed by atoms with Crippen molar-refractivity contribution in [1.29, 1.82) is 0 Å². The van der Waals surface area contributed by atoms with Crippen LogP contribution in [0.5, 0.6) is 5.75 Å². The van der Waals surface area contributed by atoms with Gasteiger partial charge in [-0.25, -0.2) is 0 Å². The van der Waals surface area contributed by atoms with Crippen molar-refractivity contribution in [3.63, 3.8) is 0 Å². The quantitative estimate of drug-likeness (QED) is 0.813. The first-order valence-electron chi connectivity index (χ1n) is 5.81. The Morgan fingerprint density at radius 3 is 2.94 bits per heavy atom. The molecule has 2 aromatic rings. The van der Waals surface area contributed by atoms with Crippen LogP contribution in [0.4, 0.5) is 5.69 Å². The Labute approximate surface area is 100 Å². The molecule has 86 valence electrons. The normalized spacial score (nSPS) is 13.9. The van der Waals surface area contributed by atoms with Gasteiger partial charge in [-0.05, 0) is 36.6 Å². The van der Waals surface area contributed by atoms with E-state index in [0.29, 0.717) is 5.69 Å². The number of pyridine rings is 1. The molecule has 0 radical (unpaired) electrons. The molecule has 0 aliphatic carbocycles. The van der Waals surface area contributed by atoms with Crippen LogP contribution in [0.1, 0.15) is 12.0 Å². The standard InChI is InChI=1S/C14H14N2O/c15-11-6-7-13(16-9-11)12-5-1-3-10-4-2-8-17-14(10)12/h1,3,5-7,9H,2,4,8,15H2. The molecule has 0 amide bonds. The molecule has 0 bridgehead atoms. The van der Waals surface area contributed by atoms with Crippen LogP contribution < -0.4 is 10.5 Å². The lowest BCUT2D eigenvalue weighted by Gasteiger charge is -2.20. The van der Waals surface area contributed by atoms with Gasteiger partial charge in [0, 0.05) is 5.56 Å². The molecule has 1 aliphatic heterocycles. The van der Waals surface area contributed by atoms with Crippen molar-refractivity contribution in [2.75, 3.05) is 12.3 Å². The molecule has 0 fully saturated rings. The molecule has 0 unspecified atom stereocenters. The van der Waals surface area contributed by atoms with Crippen LogP contribution in [0.15, 0.2) is 36.5 Å². The van der Waals surface area contributed by atoms with Crippen molar-refractivity contribution >= 4 is 5.69 Å². The molecule has 0 saturated heterocycles. The van der Waals surface area contributed by atoms with Gasteiger partial charge in [0.2, 0.25) is 0 Å². The van der Waals surface area contributed by atoms with Gasteiger partial charge in [-0.2, -0.15) is 0 Å². The number of para-hydroxylation sites is 1. The van der Waals surface area contributed by atoms with E-state index in [0.717, 1.165) is 36.5 Å². The van der Waals surface area contributed by atoms with Gasteiger partial charge in [0.1, 0.15) is 5.75 Å². The maximum absolute atomic E-state index is 5.77. The summed E-state index contributed by atoms with van der Waals surface area (Å²) in [4.78, 5) is 4.35. The second-order valence-corrected chi connectivity index (χ2v) is 4.22. The third kappa shape index (κ3) is 1.84. The Hall–Kier alpha value is -2.03. The molecule has 1 aliphatic rings. The summed E-state index contributed by atoms with van der Waals surface area (Å²) in [6, 6.07) is 10.0. The Morgan fingerprint density at radius 2 is 2.12 bits per heavy atom. The molecule has 1 aromatic carbocycles. The average Bonchev–Trinajstić information content (AvgIpc) is 2.39. The van der Waals surface area contributed by atoms with Gasteiger partial charge in [-0.1, -0.05) is 12.1 Å². The summed E-state index contributed by atoms with van der Waals surface area (Å²) < 4.78 is 5.77. The van der Waals surface area contributed by atoms with Gasteiger partial charge in [-0.3, -0.25) is 4.98 Å². The first-order chi connectivity index (χ1) is 8.34. The number of nitrogen functional groups attached to an aromatic ring is 1. The Kier molecular flexibility index (Phi) is 2.44. The molecular weight excluding hydrogens is 212 g/mol. The summed E-state index contributed by atoms with van der Waals surface area (Å²) in [5.41, 5.74) is 9.57. The zero-order chi connectivity index (χ0) is 11.7. The second kappa shape index (κ2) is 4.09. The summed E-state index contributed by atoms with van der Waals surface area (Å²) in [7, 11) is 0. The van der Waals surface area contributed by atoms with E-state index in [9.17, 15) is 0 Å². The minimum atomic E-state index is 0.680. The van der Waals surface area contributed by atoms with Crippen molar-refractivity contribution in [3.05, 3.63) is 42.1 Å². The molecular formula is C14H14N2O. The third-order valence-corrected chi connectivity index (χ3v) is 3.00. The van der Waals surface area contributed by atoms with Crippen LogP contribution >= 0.6 is 0 Å². The minimum Gasteiger partial charge on any atom is -0.493 e. The zero-order valence-electron chi connectivity index (χ0n) is 9.52. The van der Waals surface area contributed by atoms with Crippen LogP contribution in [0.25, 0.3) is 11.3 Å². The molecule has 17 heavy (non-hydrogen) atoms. The predicted molar refractivity (Wildman–Crippen MR) is 67.9 cm³/mol. The lowest BCUT2D eigenvalue weighted by atomic mass is 10.0. The van der Waals surface area contributed by atoms with E-state index in [2.05, 4.69) is 17.1 Å². The summed E-state index contributed by atoms with van der Waals surface area (Å²) in [6.45, 7) is 0.791. The van der Waals surface area contributed by atoms with E-state index < -0.39 is 0 Å². The highest BCUT2D eigenvalue weighted by molar-refractivity contribution is 5.70. The van der Waals surface area contributed by atoms with Gasteiger partial charge >= 0.3 is 0 Å². The average molecular weight is 226 g/mol. The Bertz CT molecular complexity index is 534. The predicted octanol–water partition coefficient (Wildman–Crippen LogP) is 2.66. The highest BCUT2D eigenvalue weighted by Crippen LogP contribution is 2.35. The van der Waals surface area contributed by atoms with E-state index in [4.69, 9.17) is 10.5 Å². The number of nitrogens with zero attached hydrogens (tertiary/aromatic N) is 1. The molecule has 0 spiro atoms. The number of anilines is 1. The fourth-order valence-corrected chi connectivity index (χ4v) is 2.16. The van der Waals surface area contributed by atoms with Crippen LogP contribution in [-0.4, -0.2) is 11.6 Å². The topological polar surface area (TPSA) is 48.1 Å². The van der Waals surface area contributed by atoms with E-state index in [1.165, 1.54) is 5.56 Å². The van der Waals surface area contributed by atoms with Crippen LogP contribution in [0.3, 0.4) is 0 Å². The molecule has 3 nitrogen and oxygen atoms in total. The molecule has 3 heteroatoms. The van der Waals surface area contributed by atoms with E-state index in [1.807, 2.05) is 18.2 Å². The molecule has 3 rings (SSSR count). The molecule has 0 saturated carbocycles. The van der Waals surface area contributed by atoms with E-state index in [-0.39, 0.29) is 0 Å². The summed E-state index contributed by atoms with van der Waals surface area (Å²) in [5, 5.41) is 0. The highest BCUT2D eigenvalue weighted by Gasteiger charge is 2.15. The van der Waals surface area contributed by atoms with Crippen LogP contribution in [0.2, 0.25) is 0 Å². The van der Waals surface area contributed by atoms with E-state index >= 15 is 0 Å². The van der Waals surface area contributed by atoms with Gasteiger partial charge in [0.05, 0.1) is 24.2 Å². The van der Waals surface area contributed by atoms with Crippen LogP contribution in [-0.2, 0) is 6.42 Å². The van der Waals surface area contributed by atoms with Crippen LogP contribution in [0, 0.1) is 0 Å². The minimum absolute atomic E-state index is 0.680. The van der Waals surface area contributed by atoms with Gasteiger partial charge in [0.15, 0.2) is 0 Å². The number of aryl methyl sites for hydroxylation is 1. The first-order valence-corrected chi connectivity index (χ1v) is 5.81. The summed E-state index contributed by atoms with van der Waals surface area (Å²) >= 11 is 0. The lowest BCUT2D eigenvalue weighted by Crippen LogP contribution is -2.09. The fraction of sp³-hybridized carbons (Fsp3) is 0.214. The van der Waals surface area contributed by atoms with Crippen molar-refractivity contribution < 1.29 is 4.74 Å². The number of fused-ring (bicyclic) bond motifs is 1. The number of ether oxygens (including phenoxy) is 1. The molecule has 0 atom stereocenters. The monoisotopic (exact) mass is 226 g/mol. The SMILES string of the molecule is Nc1ccc(-c2cccc3c2OCCC3)nc1. The van der Waals surface area contributed by atoms with Crippen molar-refractivity contribution in [3.8, 4) is 17.0 Å². The van der Waals surface area contributed by atoms with Crippen molar-refractivity contribution in [2.24, 2.45) is 0 Å².